The van der Waals surface area contributed by atoms with Crippen molar-refractivity contribution in [1.29, 1.82) is 0 Å². The molecule has 108 valence electrons. The molecule has 6 heteroatoms. The third kappa shape index (κ3) is 3.37. The lowest BCUT2D eigenvalue weighted by Crippen LogP contribution is -2.44. The number of carbonyl (C=O) groups excluding carboxylic acids is 1. The van der Waals surface area contributed by atoms with Crippen LogP contribution in [0.2, 0.25) is 0 Å². The lowest BCUT2D eigenvalue weighted by molar-refractivity contribution is -0.148. The third-order valence-corrected chi connectivity index (χ3v) is 4.10. The topological polar surface area (TPSA) is 83.6 Å². The number of carboxylic acid groups (broad SMARTS) is 1. The standard InChI is InChI=1S/C14H17BrN2O3/c15-11-3-1-9(2-4-11)5-12(14(19)20)17-8-10(7-16)6-13(17)18/h1-4,10,12H,5-8,16H2,(H,19,20). The second kappa shape index (κ2) is 6.37. The van der Waals surface area contributed by atoms with Crippen LogP contribution >= 0.6 is 15.9 Å². The molecule has 2 unspecified atom stereocenters. The molecule has 0 bridgehead atoms. The number of halogens is 1. The van der Waals surface area contributed by atoms with Gasteiger partial charge in [-0.3, -0.25) is 4.79 Å². The van der Waals surface area contributed by atoms with Gasteiger partial charge in [0.2, 0.25) is 5.91 Å². The van der Waals surface area contributed by atoms with E-state index in [0.29, 0.717) is 25.9 Å². The van der Waals surface area contributed by atoms with Gasteiger partial charge < -0.3 is 15.7 Å². The number of rotatable bonds is 5. The van der Waals surface area contributed by atoms with Crippen LogP contribution in [0.1, 0.15) is 12.0 Å². The Labute approximate surface area is 125 Å². The first-order chi connectivity index (χ1) is 9.51. The zero-order chi connectivity index (χ0) is 14.7. The Morgan fingerprint density at radius 2 is 2.10 bits per heavy atom. The number of carboxylic acids is 1. The SMILES string of the molecule is NCC1CC(=O)N(C(Cc2ccc(Br)cc2)C(=O)O)C1. The molecule has 1 aliphatic rings. The second-order valence-corrected chi connectivity index (χ2v) is 5.95. The fourth-order valence-corrected chi connectivity index (χ4v) is 2.71. The minimum absolute atomic E-state index is 0.0641. The van der Waals surface area contributed by atoms with Crippen molar-refractivity contribution in [2.75, 3.05) is 13.1 Å². The number of aliphatic carboxylic acids is 1. The average molecular weight is 341 g/mol. The van der Waals surface area contributed by atoms with Crippen LogP contribution in [0.3, 0.4) is 0 Å². The highest BCUT2D eigenvalue weighted by Crippen LogP contribution is 2.22. The van der Waals surface area contributed by atoms with Gasteiger partial charge >= 0.3 is 5.97 Å². The predicted octanol–water partition coefficient (Wildman–Crippen LogP) is 1.25. The minimum atomic E-state index is -0.973. The fourth-order valence-electron chi connectivity index (χ4n) is 2.44. The predicted molar refractivity (Wildman–Crippen MR) is 78.1 cm³/mol. The van der Waals surface area contributed by atoms with Crippen LogP contribution in [0.25, 0.3) is 0 Å². The molecule has 1 aromatic carbocycles. The summed E-state index contributed by atoms with van der Waals surface area (Å²) in [4.78, 5) is 24.8. The maximum atomic E-state index is 11.9. The summed E-state index contributed by atoms with van der Waals surface area (Å²) >= 11 is 3.34. The van der Waals surface area contributed by atoms with Gasteiger partial charge in [0.1, 0.15) is 6.04 Å². The summed E-state index contributed by atoms with van der Waals surface area (Å²) < 4.78 is 0.938. The van der Waals surface area contributed by atoms with Crippen LogP contribution in [-0.2, 0) is 16.0 Å². The molecule has 3 N–H and O–H groups in total. The summed E-state index contributed by atoms with van der Waals surface area (Å²) in [7, 11) is 0. The maximum absolute atomic E-state index is 11.9. The van der Waals surface area contributed by atoms with Gasteiger partial charge in [-0.2, -0.15) is 0 Å². The number of amides is 1. The molecular formula is C14H17BrN2O3. The molecule has 2 atom stereocenters. The lowest BCUT2D eigenvalue weighted by Gasteiger charge is -2.24. The highest BCUT2D eigenvalue weighted by atomic mass is 79.9. The summed E-state index contributed by atoms with van der Waals surface area (Å²) in [6.07, 6.45) is 0.659. The van der Waals surface area contributed by atoms with Crippen molar-refractivity contribution in [3.63, 3.8) is 0 Å². The van der Waals surface area contributed by atoms with Gasteiger partial charge in [-0.15, -0.1) is 0 Å². The molecule has 2 rings (SSSR count). The van der Waals surface area contributed by atoms with Gasteiger partial charge in [0.25, 0.3) is 0 Å². The van der Waals surface area contributed by atoms with E-state index in [1.54, 1.807) is 0 Å². The average Bonchev–Trinajstić information content (AvgIpc) is 2.79. The Hall–Kier alpha value is -1.40. The van der Waals surface area contributed by atoms with Gasteiger partial charge in [0.05, 0.1) is 0 Å². The quantitative estimate of drug-likeness (QED) is 0.844. The summed E-state index contributed by atoms with van der Waals surface area (Å²) in [5.74, 6) is -1.03. The van der Waals surface area contributed by atoms with Crippen molar-refractivity contribution in [3.8, 4) is 0 Å². The van der Waals surface area contributed by atoms with Crippen molar-refractivity contribution >= 4 is 27.8 Å². The van der Waals surface area contributed by atoms with E-state index in [2.05, 4.69) is 15.9 Å². The fraction of sp³-hybridized carbons (Fsp3) is 0.429. The highest BCUT2D eigenvalue weighted by Gasteiger charge is 2.37. The van der Waals surface area contributed by atoms with E-state index >= 15 is 0 Å². The molecule has 0 spiro atoms. The third-order valence-electron chi connectivity index (χ3n) is 3.58. The number of hydrogen-bond donors (Lipinski definition) is 2. The van der Waals surface area contributed by atoms with Crippen molar-refractivity contribution in [2.24, 2.45) is 11.7 Å². The molecule has 20 heavy (non-hydrogen) atoms. The normalized spacial score (nSPS) is 20.2. The van der Waals surface area contributed by atoms with E-state index in [1.807, 2.05) is 24.3 Å². The Morgan fingerprint density at radius 3 is 2.60 bits per heavy atom. The molecule has 0 saturated carbocycles. The van der Waals surface area contributed by atoms with Crippen LogP contribution in [-0.4, -0.2) is 41.0 Å². The molecule has 1 saturated heterocycles. The number of hydrogen-bond acceptors (Lipinski definition) is 3. The van der Waals surface area contributed by atoms with E-state index in [9.17, 15) is 14.7 Å². The van der Waals surface area contributed by atoms with Crippen LogP contribution in [0.5, 0.6) is 0 Å². The first-order valence-electron chi connectivity index (χ1n) is 6.48. The highest BCUT2D eigenvalue weighted by molar-refractivity contribution is 9.10. The zero-order valence-corrected chi connectivity index (χ0v) is 12.5. The molecule has 0 aliphatic carbocycles. The van der Waals surface area contributed by atoms with Crippen molar-refractivity contribution in [3.05, 3.63) is 34.3 Å². The molecule has 1 heterocycles. The number of carbonyl (C=O) groups is 2. The number of likely N-dealkylation sites (tertiary alicyclic amines) is 1. The number of benzene rings is 1. The maximum Gasteiger partial charge on any atom is 0.326 e. The number of nitrogens with two attached hydrogens (primary N) is 1. The summed E-state index contributed by atoms with van der Waals surface area (Å²) in [6, 6.07) is 6.63. The van der Waals surface area contributed by atoms with E-state index in [1.165, 1.54) is 4.90 Å². The zero-order valence-electron chi connectivity index (χ0n) is 11.0. The van der Waals surface area contributed by atoms with Gasteiger partial charge in [-0.1, -0.05) is 28.1 Å². The molecular weight excluding hydrogens is 324 g/mol. The Bertz CT molecular complexity index is 504. The Balaban J connectivity index is 2.13. The lowest BCUT2D eigenvalue weighted by atomic mass is 10.0. The molecule has 0 radical (unpaired) electrons. The van der Waals surface area contributed by atoms with E-state index < -0.39 is 12.0 Å². The minimum Gasteiger partial charge on any atom is -0.480 e. The summed E-state index contributed by atoms with van der Waals surface area (Å²) in [6.45, 7) is 0.843. The van der Waals surface area contributed by atoms with Crippen molar-refractivity contribution < 1.29 is 14.7 Å². The van der Waals surface area contributed by atoms with E-state index in [4.69, 9.17) is 5.73 Å². The van der Waals surface area contributed by atoms with Crippen LogP contribution in [0, 0.1) is 5.92 Å². The first-order valence-corrected chi connectivity index (χ1v) is 7.27. The van der Waals surface area contributed by atoms with Crippen LogP contribution in [0.15, 0.2) is 28.7 Å². The molecule has 1 aromatic rings. The van der Waals surface area contributed by atoms with Crippen LogP contribution < -0.4 is 5.73 Å². The molecule has 1 fully saturated rings. The molecule has 1 aliphatic heterocycles. The van der Waals surface area contributed by atoms with Crippen molar-refractivity contribution in [2.45, 2.75) is 18.9 Å². The van der Waals surface area contributed by atoms with Gasteiger partial charge in [0.15, 0.2) is 0 Å². The van der Waals surface area contributed by atoms with E-state index in [-0.39, 0.29) is 11.8 Å². The molecule has 1 amide bonds. The monoisotopic (exact) mass is 340 g/mol. The van der Waals surface area contributed by atoms with Gasteiger partial charge in [0, 0.05) is 23.9 Å². The first kappa shape index (κ1) is 15.0. The Kier molecular flexibility index (Phi) is 4.77. The largest absolute Gasteiger partial charge is 0.480 e. The molecule has 5 nitrogen and oxygen atoms in total. The Morgan fingerprint density at radius 1 is 1.45 bits per heavy atom. The smallest absolute Gasteiger partial charge is 0.326 e. The molecule has 0 aromatic heterocycles. The van der Waals surface area contributed by atoms with Crippen LogP contribution in [0.4, 0.5) is 0 Å². The summed E-state index contributed by atoms with van der Waals surface area (Å²) in [5, 5.41) is 9.39. The van der Waals surface area contributed by atoms with E-state index in [0.717, 1.165) is 10.0 Å². The number of nitrogens with zero attached hydrogens (tertiary/aromatic N) is 1. The van der Waals surface area contributed by atoms with Gasteiger partial charge in [-0.05, 0) is 30.2 Å². The van der Waals surface area contributed by atoms with Gasteiger partial charge in [-0.25, -0.2) is 4.79 Å². The summed E-state index contributed by atoms with van der Waals surface area (Å²) in [5.41, 5.74) is 6.47. The second-order valence-electron chi connectivity index (χ2n) is 5.04. The van der Waals surface area contributed by atoms with Crippen molar-refractivity contribution in [1.82, 2.24) is 4.90 Å².